The molecule has 0 fully saturated rings. The Hall–Kier alpha value is -3.91. The van der Waals surface area contributed by atoms with Gasteiger partial charge in [-0.1, -0.05) is 42.1 Å². The topological polar surface area (TPSA) is 86.1 Å². The van der Waals surface area contributed by atoms with Gasteiger partial charge in [-0.15, -0.1) is 10.2 Å². The standard InChI is InChI=1S/C26H24N4O3S/c1-3-33-23-15-13-22(14-16-23)30-25(20-7-5-4-6-8-20)28-29-26(30)34-17-24(32)27-21-11-9-19(10-12-21)18(2)31/h4-16H,3,17H2,1-2H3,(H,27,32). The molecule has 0 unspecified atom stereocenters. The third-order valence-corrected chi connectivity index (χ3v) is 5.91. The summed E-state index contributed by atoms with van der Waals surface area (Å²) in [6, 6.07) is 24.3. The van der Waals surface area contributed by atoms with Crippen LogP contribution in [-0.2, 0) is 4.79 Å². The number of carbonyl (C=O) groups is 2. The predicted octanol–water partition coefficient (Wildman–Crippen LogP) is 5.27. The van der Waals surface area contributed by atoms with E-state index in [4.69, 9.17) is 4.74 Å². The summed E-state index contributed by atoms with van der Waals surface area (Å²) in [5, 5.41) is 12.2. The fourth-order valence-electron chi connectivity index (χ4n) is 3.34. The number of rotatable bonds is 9. The van der Waals surface area contributed by atoms with Crippen molar-refractivity contribution in [1.29, 1.82) is 0 Å². The lowest BCUT2D eigenvalue weighted by Crippen LogP contribution is -2.14. The molecule has 0 saturated heterocycles. The van der Waals surface area contributed by atoms with Crippen LogP contribution < -0.4 is 10.1 Å². The third kappa shape index (κ3) is 5.52. The lowest BCUT2D eigenvalue weighted by atomic mass is 10.1. The quantitative estimate of drug-likeness (QED) is 0.264. The van der Waals surface area contributed by atoms with Crippen molar-refractivity contribution in [3.8, 4) is 22.8 Å². The van der Waals surface area contributed by atoms with E-state index < -0.39 is 0 Å². The van der Waals surface area contributed by atoms with Crippen LogP contribution in [0.5, 0.6) is 5.75 Å². The number of ketones is 1. The maximum Gasteiger partial charge on any atom is 0.234 e. The minimum atomic E-state index is -0.178. The van der Waals surface area contributed by atoms with E-state index in [-0.39, 0.29) is 17.4 Å². The van der Waals surface area contributed by atoms with Gasteiger partial charge in [-0.25, -0.2) is 0 Å². The van der Waals surface area contributed by atoms with Crippen LogP contribution in [0.3, 0.4) is 0 Å². The highest BCUT2D eigenvalue weighted by molar-refractivity contribution is 7.99. The van der Waals surface area contributed by atoms with Crippen molar-refractivity contribution < 1.29 is 14.3 Å². The maximum absolute atomic E-state index is 12.6. The molecule has 1 N–H and O–H groups in total. The van der Waals surface area contributed by atoms with Crippen LogP contribution in [0.2, 0.25) is 0 Å². The highest BCUT2D eigenvalue weighted by Crippen LogP contribution is 2.29. The van der Waals surface area contributed by atoms with E-state index in [1.807, 2.05) is 66.1 Å². The Morgan fingerprint density at radius 1 is 0.941 bits per heavy atom. The molecule has 1 heterocycles. The zero-order chi connectivity index (χ0) is 23.9. The second-order valence-corrected chi connectivity index (χ2v) is 8.35. The van der Waals surface area contributed by atoms with Gasteiger partial charge in [0.2, 0.25) is 5.91 Å². The molecule has 0 radical (unpaired) electrons. The fraction of sp³-hybridized carbons (Fsp3) is 0.154. The van der Waals surface area contributed by atoms with Crippen molar-refractivity contribution in [2.45, 2.75) is 19.0 Å². The number of nitrogens with one attached hydrogen (secondary N) is 1. The Morgan fingerprint density at radius 2 is 1.65 bits per heavy atom. The molecule has 3 aromatic carbocycles. The second-order valence-electron chi connectivity index (χ2n) is 7.40. The normalized spacial score (nSPS) is 10.6. The number of hydrogen-bond acceptors (Lipinski definition) is 6. The summed E-state index contributed by atoms with van der Waals surface area (Å²) in [5.74, 6) is 1.43. The van der Waals surface area contributed by atoms with E-state index in [1.54, 1.807) is 24.3 Å². The molecule has 4 aromatic rings. The van der Waals surface area contributed by atoms with Crippen molar-refractivity contribution in [2.24, 2.45) is 0 Å². The minimum absolute atomic E-state index is 0.0173. The Labute approximate surface area is 202 Å². The number of aromatic nitrogens is 3. The monoisotopic (exact) mass is 472 g/mol. The number of amides is 1. The molecule has 0 aliphatic rings. The maximum atomic E-state index is 12.6. The van der Waals surface area contributed by atoms with Gasteiger partial charge in [-0.05, 0) is 62.4 Å². The van der Waals surface area contributed by atoms with E-state index in [0.29, 0.717) is 28.8 Å². The number of hydrogen-bond donors (Lipinski definition) is 1. The number of Topliss-reactive ketones (excluding diaryl/α,β-unsaturated/α-hetero) is 1. The Bertz CT molecular complexity index is 1270. The lowest BCUT2D eigenvalue weighted by molar-refractivity contribution is -0.113. The molecule has 1 amide bonds. The molecule has 0 bridgehead atoms. The summed E-state index contributed by atoms with van der Waals surface area (Å²) in [4.78, 5) is 24.0. The van der Waals surface area contributed by atoms with Gasteiger partial charge in [0.05, 0.1) is 12.4 Å². The Balaban J connectivity index is 1.54. The van der Waals surface area contributed by atoms with Crippen LogP contribution >= 0.6 is 11.8 Å². The Morgan fingerprint density at radius 3 is 2.29 bits per heavy atom. The van der Waals surface area contributed by atoms with E-state index in [9.17, 15) is 9.59 Å². The number of carbonyl (C=O) groups excluding carboxylic acids is 2. The molecule has 172 valence electrons. The van der Waals surface area contributed by atoms with E-state index in [1.165, 1.54) is 18.7 Å². The molecule has 34 heavy (non-hydrogen) atoms. The molecule has 0 saturated carbocycles. The summed E-state index contributed by atoms with van der Waals surface area (Å²) in [6.07, 6.45) is 0. The van der Waals surface area contributed by atoms with E-state index in [0.717, 1.165) is 17.0 Å². The number of anilines is 1. The van der Waals surface area contributed by atoms with Crippen molar-refractivity contribution >= 4 is 29.1 Å². The molecular weight excluding hydrogens is 448 g/mol. The van der Waals surface area contributed by atoms with Crippen LogP contribution in [0, 0.1) is 0 Å². The summed E-state index contributed by atoms with van der Waals surface area (Å²) in [6.45, 7) is 4.04. The number of thioether (sulfide) groups is 1. The van der Waals surface area contributed by atoms with Gasteiger partial charge in [0, 0.05) is 22.5 Å². The van der Waals surface area contributed by atoms with Gasteiger partial charge < -0.3 is 10.1 Å². The number of nitrogens with zero attached hydrogens (tertiary/aromatic N) is 3. The van der Waals surface area contributed by atoms with Crippen molar-refractivity contribution in [3.63, 3.8) is 0 Å². The second kappa shape index (κ2) is 10.8. The average Bonchev–Trinajstić information content (AvgIpc) is 3.28. The lowest BCUT2D eigenvalue weighted by Gasteiger charge is -2.11. The first-order valence-corrected chi connectivity index (χ1v) is 11.8. The summed E-state index contributed by atoms with van der Waals surface area (Å²) >= 11 is 1.30. The summed E-state index contributed by atoms with van der Waals surface area (Å²) < 4.78 is 7.50. The Kier molecular flexibility index (Phi) is 7.39. The molecule has 7 nitrogen and oxygen atoms in total. The van der Waals surface area contributed by atoms with Crippen LogP contribution in [0.1, 0.15) is 24.2 Å². The first-order valence-electron chi connectivity index (χ1n) is 10.8. The van der Waals surface area contributed by atoms with Gasteiger partial charge in [0.15, 0.2) is 16.8 Å². The molecule has 8 heteroatoms. The van der Waals surface area contributed by atoms with Crippen LogP contribution in [0.25, 0.3) is 17.1 Å². The zero-order valence-electron chi connectivity index (χ0n) is 18.9. The van der Waals surface area contributed by atoms with Crippen LogP contribution in [0.4, 0.5) is 5.69 Å². The molecule has 0 atom stereocenters. The SMILES string of the molecule is CCOc1ccc(-n2c(SCC(=O)Nc3ccc(C(C)=O)cc3)nnc2-c2ccccc2)cc1. The molecule has 1 aromatic heterocycles. The number of ether oxygens (including phenoxy) is 1. The molecular formula is C26H24N4O3S. The summed E-state index contributed by atoms with van der Waals surface area (Å²) in [5.41, 5.74) is 3.03. The molecule has 4 rings (SSSR count). The largest absolute Gasteiger partial charge is 0.494 e. The fourth-order valence-corrected chi connectivity index (χ4v) is 4.10. The average molecular weight is 473 g/mol. The van der Waals surface area contributed by atoms with Crippen molar-refractivity contribution in [1.82, 2.24) is 14.8 Å². The van der Waals surface area contributed by atoms with Crippen molar-refractivity contribution in [2.75, 3.05) is 17.7 Å². The van der Waals surface area contributed by atoms with Gasteiger partial charge in [-0.2, -0.15) is 0 Å². The minimum Gasteiger partial charge on any atom is -0.494 e. The van der Waals surface area contributed by atoms with Gasteiger partial charge in [0.1, 0.15) is 5.75 Å². The predicted molar refractivity (Wildman–Crippen MR) is 134 cm³/mol. The first-order chi connectivity index (χ1) is 16.5. The molecule has 0 aliphatic heterocycles. The highest BCUT2D eigenvalue weighted by atomic mass is 32.2. The number of benzene rings is 3. The molecule has 0 aliphatic carbocycles. The van der Waals surface area contributed by atoms with Crippen molar-refractivity contribution in [3.05, 3.63) is 84.4 Å². The van der Waals surface area contributed by atoms with E-state index in [2.05, 4.69) is 15.5 Å². The third-order valence-electron chi connectivity index (χ3n) is 4.98. The van der Waals surface area contributed by atoms with E-state index >= 15 is 0 Å². The zero-order valence-corrected chi connectivity index (χ0v) is 19.7. The van der Waals surface area contributed by atoms with Crippen LogP contribution in [-0.4, -0.2) is 38.8 Å². The first kappa shape index (κ1) is 23.3. The van der Waals surface area contributed by atoms with Gasteiger partial charge >= 0.3 is 0 Å². The van der Waals surface area contributed by atoms with Gasteiger partial charge in [0.25, 0.3) is 0 Å². The van der Waals surface area contributed by atoms with Crippen LogP contribution in [0.15, 0.2) is 84.0 Å². The summed E-state index contributed by atoms with van der Waals surface area (Å²) in [7, 11) is 0. The highest BCUT2D eigenvalue weighted by Gasteiger charge is 2.17. The smallest absolute Gasteiger partial charge is 0.234 e. The van der Waals surface area contributed by atoms with Gasteiger partial charge in [-0.3, -0.25) is 14.2 Å². The molecule has 0 spiro atoms.